The fourth-order valence-corrected chi connectivity index (χ4v) is 3.06. The van der Waals surface area contributed by atoms with Crippen LogP contribution < -0.4 is 4.90 Å². The molecule has 0 radical (unpaired) electrons. The van der Waals surface area contributed by atoms with Crippen LogP contribution in [0, 0.1) is 6.92 Å². The van der Waals surface area contributed by atoms with E-state index >= 15 is 0 Å². The van der Waals surface area contributed by atoms with Gasteiger partial charge in [0.05, 0.1) is 19.8 Å². The number of hydrogen-bond acceptors (Lipinski definition) is 3. The van der Waals surface area contributed by atoms with Crippen LogP contribution in [0.1, 0.15) is 11.1 Å². The molecule has 1 aliphatic rings. The molecule has 3 rings (SSSR count). The molecule has 0 N–H and O–H groups in total. The first kappa shape index (κ1) is 15.1. The number of ether oxygens (including phenoxy) is 2. The summed E-state index contributed by atoms with van der Waals surface area (Å²) >= 11 is 0. The topological polar surface area (TPSA) is 21.7 Å². The zero-order chi connectivity index (χ0) is 15.4. The molecule has 22 heavy (non-hydrogen) atoms. The van der Waals surface area contributed by atoms with E-state index in [1.54, 1.807) is 7.11 Å². The number of hydrogen-bond donors (Lipinski definition) is 0. The van der Waals surface area contributed by atoms with Crippen LogP contribution in [0.2, 0.25) is 0 Å². The van der Waals surface area contributed by atoms with E-state index in [4.69, 9.17) is 9.47 Å². The summed E-state index contributed by atoms with van der Waals surface area (Å²) < 4.78 is 10.9. The maximum Gasteiger partial charge on any atom is 0.0719 e. The van der Waals surface area contributed by atoms with E-state index < -0.39 is 0 Å². The molecule has 1 saturated heterocycles. The first-order valence-corrected chi connectivity index (χ1v) is 7.80. The van der Waals surface area contributed by atoms with E-state index in [0.717, 1.165) is 26.3 Å². The number of aryl methyl sites for hydroxylation is 1. The summed E-state index contributed by atoms with van der Waals surface area (Å²) in [4.78, 5) is 2.42. The third-order valence-electron chi connectivity index (χ3n) is 4.16. The van der Waals surface area contributed by atoms with Crippen molar-refractivity contribution in [1.82, 2.24) is 0 Å². The van der Waals surface area contributed by atoms with Gasteiger partial charge in [-0.3, -0.25) is 0 Å². The highest BCUT2D eigenvalue weighted by Gasteiger charge is 2.16. The average Bonchev–Trinajstić information content (AvgIpc) is 2.57. The molecule has 1 aliphatic heterocycles. The van der Waals surface area contributed by atoms with E-state index in [0.29, 0.717) is 6.61 Å². The van der Waals surface area contributed by atoms with Gasteiger partial charge in [0.2, 0.25) is 0 Å². The molecule has 3 nitrogen and oxygen atoms in total. The fraction of sp³-hybridized carbons (Fsp3) is 0.368. The number of benzene rings is 2. The van der Waals surface area contributed by atoms with Gasteiger partial charge in [-0.25, -0.2) is 0 Å². The quantitative estimate of drug-likeness (QED) is 0.860. The average molecular weight is 297 g/mol. The molecule has 0 spiro atoms. The van der Waals surface area contributed by atoms with Gasteiger partial charge in [-0.1, -0.05) is 36.4 Å². The highest BCUT2D eigenvalue weighted by molar-refractivity contribution is 5.74. The summed E-state index contributed by atoms with van der Waals surface area (Å²) in [7, 11) is 1.75. The molecular formula is C19H23NO2. The molecule has 1 fully saturated rings. The lowest BCUT2D eigenvalue weighted by Crippen LogP contribution is -2.36. The molecule has 1 heterocycles. The lowest BCUT2D eigenvalue weighted by atomic mass is 9.96. The smallest absolute Gasteiger partial charge is 0.0719 e. The lowest BCUT2D eigenvalue weighted by Gasteiger charge is -2.31. The Bertz CT molecular complexity index is 619. The van der Waals surface area contributed by atoms with Crippen LogP contribution in [0.25, 0.3) is 11.1 Å². The molecule has 3 heteroatoms. The van der Waals surface area contributed by atoms with Crippen LogP contribution in [0.5, 0.6) is 0 Å². The number of morpholine rings is 1. The second kappa shape index (κ2) is 6.95. The van der Waals surface area contributed by atoms with Crippen LogP contribution in [-0.4, -0.2) is 33.4 Å². The van der Waals surface area contributed by atoms with Crippen LogP contribution in [0.3, 0.4) is 0 Å². The van der Waals surface area contributed by atoms with Crippen molar-refractivity contribution in [2.24, 2.45) is 0 Å². The van der Waals surface area contributed by atoms with Gasteiger partial charge in [0.25, 0.3) is 0 Å². The maximum absolute atomic E-state index is 5.48. The number of rotatable bonds is 4. The minimum Gasteiger partial charge on any atom is -0.380 e. The minimum absolute atomic E-state index is 0.633. The molecule has 0 unspecified atom stereocenters. The molecule has 0 bridgehead atoms. The van der Waals surface area contributed by atoms with Gasteiger partial charge >= 0.3 is 0 Å². The Morgan fingerprint density at radius 3 is 2.50 bits per heavy atom. The zero-order valence-electron chi connectivity index (χ0n) is 13.3. The first-order valence-electron chi connectivity index (χ1n) is 7.80. The molecule has 116 valence electrons. The molecule has 0 aromatic heterocycles. The van der Waals surface area contributed by atoms with E-state index in [1.807, 2.05) is 0 Å². The monoisotopic (exact) mass is 297 g/mol. The third-order valence-corrected chi connectivity index (χ3v) is 4.16. The summed E-state index contributed by atoms with van der Waals surface area (Å²) in [6.07, 6.45) is 0. The van der Waals surface area contributed by atoms with Crippen LogP contribution in [0.15, 0.2) is 42.5 Å². The van der Waals surface area contributed by atoms with Gasteiger partial charge < -0.3 is 14.4 Å². The Morgan fingerprint density at radius 1 is 1.09 bits per heavy atom. The van der Waals surface area contributed by atoms with Gasteiger partial charge in [0.15, 0.2) is 0 Å². The second-order valence-electron chi connectivity index (χ2n) is 5.69. The Morgan fingerprint density at radius 2 is 1.82 bits per heavy atom. The predicted molar refractivity (Wildman–Crippen MR) is 90.4 cm³/mol. The van der Waals surface area contributed by atoms with Gasteiger partial charge in [0.1, 0.15) is 0 Å². The Hall–Kier alpha value is -1.84. The van der Waals surface area contributed by atoms with Crippen molar-refractivity contribution in [1.29, 1.82) is 0 Å². The molecule has 2 aromatic rings. The van der Waals surface area contributed by atoms with Gasteiger partial charge in [0, 0.05) is 25.9 Å². The van der Waals surface area contributed by atoms with Crippen molar-refractivity contribution < 1.29 is 9.47 Å². The van der Waals surface area contributed by atoms with Crippen LogP contribution in [0.4, 0.5) is 5.69 Å². The van der Waals surface area contributed by atoms with E-state index in [9.17, 15) is 0 Å². The van der Waals surface area contributed by atoms with E-state index in [2.05, 4.69) is 54.3 Å². The summed E-state index contributed by atoms with van der Waals surface area (Å²) in [5.41, 5.74) is 6.34. The van der Waals surface area contributed by atoms with Crippen molar-refractivity contribution in [3.8, 4) is 11.1 Å². The van der Waals surface area contributed by atoms with Gasteiger partial charge in [-0.05, 0) is 35.2 Å². The van der Waals surface area contributed by atoms with Crippen molar-refractivity contribution in [2.45, 2.75) is 13.5 Å². The zero-order valence-corrected chi connectivity index (χ0v) is 13.3. The maximum atomic E-state index is 5.48. The summed E-state index contributed by atoms with van der Waals surface area (Å²) in [5.74, 6) is 0. The number of nitrogens with zero attached hydrogens (tertiary/aromatic N) is 1. The number of anilines is 1. The van der Waals surface area contributed by atoms with Crippen molar-refractivity contribution in [3.63, 3.8) is 0 Å². The van der Waals surface area contributed by atoms with Crippen molar-refractivity contribution >= 4 is 5.69 Å². The minimum atomic E-state index is 0.633. The number of methoxy groups -OCH3 is 1. The highest BCUT2D eigenvalue weighted by atomic mass is 16.5. The Balaban J connectivity index is 2.05. The molecule has 0 aliphatic carbocycles. The van der Waals surface area contributed by atoms with Crippen LogP contribution >= 0.6 is 0 Å². The summed E-state index contributed by atoms with van der Waals surface area (Å²) in [6.45, 7) is 6.34. The SMILES string of the molecule is COCc1cc(C)c(N2CCOCC2)cc1-c1ccccc1. The molecule has 0 amide bonds. The lowest BCUT2D eigenvalue weighted by molar-refractivity contribution is 0.122. The standard InChI is InChI=1S/C19H23NO2/c1-15-12-17(14-21-2)18(16-6-4-3-5-7-16)13-19(15)20-8-10-22-11-9-20/h3-7,12-13H,8-11,14H2,1-2H3. The fourth-order valence-electron chi connectivity index (χ4n) is 3.06. The van der Waals surface area contributed by atoms with Gasteiger partial charge in [-0.2, -0.15) is 0 Å². The molecule has 2 aromatic carbocycles. The largest absolute Gasteiger partial charge is 0.380 e. The summed E-state index contributed by atoms with van der Waals surface area (Å²) in [6, 6.07) is 15.1. The van der Waals surface area contributed by atoms with E-state index in [-0.39, 0.29) is 0 Å². The second-order valence-corrected chi connectivity index (χ2v) is 5.69. The normalized spacial score (nSPS) is 15.1. The highest BCUT2D eigenvalue weighted by Crippen LogP contribution is 2.32. The third kappa shape index (κ3) is 3.16. The van der Waals surface area contributed by atoms with Crippen molar-refractivity contribution in [2.75, 3.05) is 38.3 Å². The molecule has 0 saturated carbocycles. The van der Waals surface area contributed by atoms with E-state index in [1.165, 1.54) is 27.9 Å². The molecular weight excluding hydrogens is 274 g/mol. The Kier molecular flexibility index (Phi) is 4.76. The first-order chi connectivity index (χ1) is 10.8. The van der Waals surface area contributed by atoms with Crippen molar-refractivity contribution in [3.05, 3.63) is 53.6 Å². The predicted octanol–water partition coefficient (Wildman–Crippen LogP) is 3.65. The Labute approximate surface area is 132 Å². The van der Waals surface area contributed by atoms with Crippen LogP contribution in [-0.2, 0) is 16.1 Å². The molecule has 0 atom stereocenters. The summed E-state index contributed by atoms with van der Waals surface area (Å²) in [5, 5.41) is 0. The van der Waals surface area contributed by atoms with Gasteiger partial charge in [-0.15, -0.1) is 0 Å².